The topological polar surface area (TPSA) is 92.3 Å². The number of fused-ring (bicyclic) bond motifs is 3. The van der Waals surface area contributed by atoms with Crippen LogP contribution in [0.4, 0.5) is 11.4 Å². The van der Waals surface area contributed by atoms with E-state index in [1.807, 2.05) is 61.5 Å². The number of rotatable bonds is 6. The molecule has 182 valence electrons. The fourth-order valence-electron chi connectivity index (χ4n) is 3.92. The van der Waals surface area contributed by atoms with E-state index in [4.69, 9.17) is 0 Å². The molecular formula is C26H21BrN4O3S2. The molecule has 0 saturated carbocycles. The largest absolute Gasteiger partial charge is 0.325 e. The summed E-state index contributed by atoms with van der Waals surface area (Å²) in [5, 5.41) is 3.16. The number of anilines is 2. The molecule has 36 heavy (non-hydrogen) atoms. The summed E-state index contributed by atoms with van der Waals surface area (Å²) in [4.78, 5) is 21.3. The van der Waals surface area contributed by atoms with Crippen molar-refractivity contribution in [1.82, 2.24) is 9.97 Å². The fraction of sp³-hybridized carbons (Fsp3) is 0.115. The molecule has 3 aromatic carbocycles. The predicted molar refractivity (Wildman–Crippen MR) is 146 cm³/mol. The number of benzene rings is 3. The number of hydrogen-bond acceptors (Lipinski definition) is 6. The van der Waals surface area contributed by atoms with Crippen LogP contribution in [0.2, 0.25) is 0 Å². The van der Waals surface area contributed by atoms with Gasteiger partial charge in [-0.05, 0) is 48.4 Å². The Bertz CT molecular complexity index is 1560. The van der Waals surface area contributed by atoms with E-state index in [1.54, 1.807) is 18.2 Å². The second-order valence-corrected chi connectivity index (χ2v) is 11.9. The van der Waals surface area contributed by atoms with Gasteiger partial charge < -0.3 is 5.32 Å². The number of sulfonamides is 1. The molecule has 0 saturated heterocycles. The molecule has 0 fully saturated rings. The first-order valence-electron chi connectivity index (χ1n) is 11.0. The first-order valence-corrected chi connectivity index (χ1v) is 14.3. The normalized spacial score (nSPS) is 13.6. The summed E-state index contributed by atoms with van der Waals surface area (Å²) in [6.45, 7) is 2.17. The smallest absolute Gasteiger partial charge is 0.268 e. The second kappa shape index (κ2) is 10.0. The molecule has 10 heteroatoms. The Kier molecular flexibility index (Phi) is 6.83. The van der Waals surface area contributed by atoms with Crippen molar-refractivity contribution in [3.8, 4) is 11.3 Å². The van der Waals surface area contributed by atoms with Gasteiger partial charge in [0.1, 0.15) is 4.90 Å². The van der Waals surface area contributed by atoms with Crippen molar-refractivity contribution in [2.45, 2.75) is 23.5 Å². The Hall–Kier alpha value is -3.21. The molecule has 0 spiro atoms. The van der Waals surface area contributed by atoms with E-state index in [0.717, 1.165) is 27.4 Å². The Morgan fingerprint density at radius 3 is 2.53 bits per heavy atom. The summed E-state index contributed by atoms with van der Waals surface area (Å²) >= 11 is 4.52. The number of halogens is 1. The van der Waals surface area contributed by atoms with Gasteiger partial charge in [0.2, 0.25) is 5.91 Å². The van der Waals surface area contributed by atoms with Crippen molar-refractivity contribution in [2.75, 3.05) is 15.4 Å². The number of para-hydroxylation sites is 1. The van der Waals surface area contributed by atoms with Gasteiger partial charge in [-0.15, -0.1) is 0 Å². The number of carbonyl (C=O) groups is 1. The second-order valence-electron chi connectivity index (χ2n) is 8.16. The van der Waals surface area contributed by atoms with Crippen LogP contribution in [-0.2, 0) is 21.4 Å². The van der Waals surface area contributed by atoms with Gasteiger partial charge in [-0.3, -0.25) is 9.10 Å². The summed E-state index contributed by atoms with van der Waals surface area (Å²) in [6, 6.07) is 22.3. The van der Waals surface area contributed by atoms with Crippen LogP contribution in [-0.4, -0.2) is 30.0 Å². The highest BCUT2D eigenvalue weighted by atomic mass is 79.9. The fourth-order valence-corrected chi connectivity index (χ4v) is 6.35. The first kappa shape index (κ1) is 24.5. The van der Waals surface area contributed by atoms with Crippen LogP contribution in [0, 0.1) is 6.92 Å². The van der Waals surface area contributed by atoms with Gasteiger partial charge in [-0.2, -0.15) is 0 Å². The van der Waals surface area contributed by atoms with E-state index >= 15 is 0 Å². The van der Waals surface area contributed by atoms with Crippen molar-refractivity contribution in [3.05, 3.63) is 94.6 Å². The molecule has 0 radical (unpaired) electrons. The minimum absolute atomic E-state index is 0.0541. The lowest BCUT2D eigenvalue weighted by Crippen LogP contribution is -2.34. The zero-order valence-electron chi connectivity index (χ0n) is 19.2. The average molecular weight is 582 g/mol. The van der Waals surface area contributed by atoms with Crippen LogP contribution < -0.4 is 9.62 Å². The van der Waals surface area contributed by atoms with Crippen molar-refractivity contribution < 1.29 is 13.2 Å². The standard InChI is InChI=1S/C26H21BrN4O3S2/c1-17-6-2-3-7-18(17)15-31-22-9-5-4-8-21(22)25-23(36(31,33)34)14-28-26(30-25)35-16-24(32)29-20-12-10-19(27)11-13-20/h2-14H,15-16H2,1H3,(H,29,32). The number of nitrogens with zero attached hydrogens (tertiary/aromatic N) is 3. The summed E-state index contributed by atoms with van der Waals surface area (Å²) in [5.74, 6) is -0.121. The lowest BCUT2D eigenvalue weighted by molar-refractivity contribution is -0.113. The molecule has 1 aliphatic heterocycles. The molecule has 1 aromatic heterocycles. The summed E-state index contributed by atoms with van der Waals surface area (Å²) in [6.07, 6.45) is 1.34. The van der Waals surface area contributed by atoms with Crippen molar-refractivity contribution in [1.29, 1.82) is 0 Å². The van der Waals surface area contributed by atoms with Gasteiger partial charge in [0, 0.05) is 15.7 Å². The molecule has 2 heterocycles. The monoisotopic (exact) mass is 580 g/mol. The van der Waals surface area contributed by atoms with Crippen LogP contribution >= 0.6 is 27.7 Å². The molecular weight excluding hydrogens is 560 g/mol. The Morgan fingerprint density at radius 1 is 1.03 bits per heavy atom. The minimum atomic E-state index is -3.89. The molecule has 0 unspecified atom stereocenters. The van der Waals surface area contributed by atoms with Gasteiger partial charge in [-0.1, -0.05) is 70.2 Å². The number of thioether (sulfide) groups is 1. The van der Waals surface area contributed by atoms with Crippen molar-refractivity contribution >= 4 is 55.0 Å². The molecule has 1 aliphatic rings. The first-order chi connectivity index (χ1) is 17.3. The van der Waals surface area contributed by atoms with Gasteiger partial charge in [0.15, 0.2) is 5.16 Å². The Morgan fingerprint density at radius 2 is 1.75 bits per heavy atom. The summed E-state index contributed by atoms with van der Waals surface area (Å²) in [7, 11) is -3.89. The van der Waals surface area contributed by atoms with Crippen molar-refractivity contribution in [3.63, 3.8) is 0 Å². The lowest BCUT2D eigenvalue weighted by Gasteiger charge is -2.31. The van der Waals surface area contributed by atoms with Crippen LogP contribution in [0.5, 0.6) is 0 Å². The van der Waals surface area contributed by atoms with Crippen LogP contribution in [0.1, 0.15) is 11.1 Å². The third-order valence-electron chi connectivity index (χ3n) is 5.76. The third kappa shape index (κ3) is 4.88. The summed E-state index contributed by atoms with van der Waals surface area (Å²) in [5.41, 5.74) is 4.24. The number of nitrogens with one attached hydrogen (secondary N) is 1. The van der Waals surface area contributed by atoms with Crippen LogP contribution in [0.15, 0.2) is 93.5 Å². The van der Waals surface area contributed by atoms with Gasteiger partial charge in [-0.25, -0.2) is 18.4 Å². The number of aryl methyl sites for hydroxylation is 1. The summed E-state index contributed by atoms with van der Waals surface area (Å²) < 4.78 is 29.7. The highest BCUT2D eigenvalue weighted by Gasteiger charge is 2.36. The highest BCUT2D eigenvalue weighted by Crippen LogP contribution is 2.43. The molecule has 1 amide bonds. The average Bonchev–Trinajstić information content (AvgIpc) is 2.87. The quantitative estimate of drug-likeness (QED) is 0.234. The van der Waals surface area contributed by atoms with E-state index in [2.05, 4.69) is 31.2 Å². The maximum Gasteiger partial charge on any atom is 0.268 e. The predicted octanol–water partition coefficient (Wildman–Crippen LogP) is 5.65. The zero-order chi connectivity index (χ0) is 25.3. The van der Waals surface area contributed by atoms with Gasteiger partial charge in [0.05, 0.1) is 29.9 Å². The molecule has 0 bridgehead atoms. The maximum absolute atomic E-state index is 13.7. The van der Waals surface area contributed by atoms with E-state index in [1.165, 1.54) is 10.5 Å². The number of amides is 1. The van der Waals surface area contributed by atoms with E-state index in [9.17, 15) is 13.2 Å². The minimum Gasteiger partial charge on any atom is -0.325 e. The Balaban J connectivity index is 1.41. The van der Waals surface area contributed by atoms with Crippen molar-refractivity contribution in [2.24, 2.45) is 0 Å². The number of aromatic nitrogens is 2. The van der Waals surface area contributed by atoms with E-state index in [-0.39, 0.29) is 23.1 Å². The lowest BCUT2D eigenvalue weighted by atomic mass is 10.1. The number of hydrogen-bond donors (Lipinski definition) is 1. The molecule has 0 atom stereocenters. The molecule has 0 aliphatic carbocycles. The Labute approximate surface area is 222 Å². The molecule has 7 nitrogen and oxygen atoms in total. The van der Waals surface area contributed by atoms with Crippen LogP contribution in [0.3, 0.4) is 0 Å². The number of carbonyl (C=O) groups excluding carboxylic acids is 1. The third-order valence-corrected chi connectivity index (χ3v) is 8.92. The zero-order valence-corrected chi connectivity index (χ0v) is 22.4. The van der Waals surface area contributed by atoms with Gasteiger partial charge in [0.25, 0.3) is 10.0 Å². The molecule has 5 rings (SSSR count). The maximum atomic E-state index is 13.7. The van der Waals surface area contributed by atoms with E-state index < -0.39 is 10.0 Å². The highest BCUT2D eigenvalue weighted by molar-refractivity contribution is 9.10. The van der Waals surface area contributed by atoms with E-state index in [0.29, 0.717) is 27.8 Å². The molecule has 1 N–H and O–H groups in total. The molecule has 4 aromatic rings. The SMILES string of the molecule is Cc1ccccc1CN1c2ccccc2-c2nc(SCC(=O)Nc3ccc(Br)cc3)ncc2S1(=O)=O. The van der Waals surface area contributed by atoms with Gasteiger partial charge >= 0.3 is 0 Å². The van der Waals surface area contributed by atoms with Crippen LogP contribution in [0.25, 0.3) is 11.3 Å².